The number of β-amino-alcohol motifs (C(OH)–C–C–N with tert-alkyl or cyclic N) is 1. The molecule has 42 heavy (non-hydrogen) atoms. The van der Waals surface area contributed by atoms with Gasteiger partial charge in [-0.25, -0.2) is 8.78 Å². The van der Waals surface area contributed by atoms with E-state index in [1.807, 2.05) is 4.90 Å². The zero-order valence-corrected chi connectivity index (χ0v) is 23.7. The Hall–Kier alpha value is -3.87. The summed E-state index contributed by atoms with van der Waals surface area (Å²) in [7, 11) is 0. The number of piperidine rings is 1. The van der Waals surface area contributed by atoms with Crippen molar-refractivity contribution in [2.75, 3.05) is 37.7 Å². The normalized spacial score (nSPS) is 22.0. The lowest BCUT2D eigenvalue weighted by Gasteiger charge is -2.38. The van der Waals surface area contributed by atoms with Crippen molar-refractivity contribution in [2.45, 2.75) is 56.6 Å². The first kappa shape index (κ1) is 27.0. The quantitative estimate of drug-likeness (QED) is 0.320. The van der Waals surface area contributed by atoms with Crippen molar-refractivity contribution in [2.24, 2.45) is 0 Å². The summed E-state index contributed by atoms with van der Waals surface area (Å²) in [6.45, 7) is 5.34. The first-order chi connectivity index (χ1) is 20.3. The van der Waals surface area contributed by atoms with E-state index in [-0.39, 0.29) is 28.3 Å². The summed E-state index contributed by atoms with van der Waals surface area (Å²) in [4.78, 5) is 18.3. The minimum absolute atomic E-state index is 0.0211. The van der Waals surface area contributed by atoms with Crippen LogP contribution in [0.15, 0.2) is 36.5 Å². The van der Waals surface area contributed by atoms with Gasteiger partial charge in [0.05, 0.1) is 22.1 Å². The Bertz CT molecular complexity index is 1740. The van der Waals surface area contributed by atoms with E-state index in [0.717, 1.165) is 45.2 Å². The second kappa shape index (κ2) is 10.1. The maximum atomic E-state index is 16.6. The van der Waals surface area contributed by atoms with Gasteiger partial charge in [-0.2, -0.15) is 9.97 Å². The molecule has 3 aliphatic rings. The largest absolute Gasteiger partial charge is 0.461 e. The van der Waals surface area contributed by atoms with Crippen LogP contribution in [0.1, 0.15) is 51.0 Å². The van der Waals surface area contributed by atoms with Crippen LogP contribution < -0.4 is 9.64 Å². The molecule has 3 fully saturated rings. The number of halogens is 2. The number of hydrogen-bond acceptors (Lipinski definition) is 7. The number of nitrogens with zero attached hydrogens (tertiary/aromatic N) is 5. The summed E-state index contributed by atoms with van der Waals surface area (Å²) in [5.74, 6) is 1.70. The smallest absolute Gasteiger partial charge is 0.319 e. The number of ether oxygens (including phenoxy) is 1. The Morgan fingerprint density at radius 3 is 2.60 bits per heavy atom. The molecule has 0 unspecified atom stereocenters. The Balaban J connectivity index is 1.38. The molecule has 3 aliphatic heterocycles. The van der Waals surface area contributed by atoms with E-state index in [1.54, 1.807) is 37.4 Å². The Morgan fingerprint density at radius 2 is 1.83 bits per heavy atom. The molecule has 3 saturated heterocycles. The van der Waals surface area contributed by atoms with Crippen LogP contribution in [0.3, 0.4) is 0 Å². The van der Waals surface area contributed by atoms with Crippen LogP contribution in [0.4, 0.5) is 14.6 Å². The third-order valence-electron chi connectivity index (χ3n) is 9.29. The van der Waals surface area contributed by atoms with Gasteiger partial charge in [-0.3, -0.25) is 9.88 Å². The van der Waals surface area contributed by atoms with Gasteiger partial charge < -0.3 is 14.7 Å². The topological polar surface area (TPSA) is 74.6 Å². The molecule has 0 spiro atoms. The SMILES string of the molecule is C#Cc1c(F)ccc2cccc(-c3ncc4c(N5CCC[C@](C)(O)C5)nc(OCC56CCCN5CCC6)nc4c3F)c12. The first-order valence-corrected chi connectivity index (χ1v) is 14.7. The maximum Gasteiger partial charge on any atom is 0.319 e. The number of rotatable bonds is 5. The standard InChI is InChI=1S/C33H33F2N5O2/c1-3-22-25(34)11-10-21-8-4-9-23(26(21)22)28-27(35)29-24(18-36-28)30(39-15-5-12-32(2,41)19-39)38-31(37-29)42-20-33-13-6-16-40(33)17-7-14-33/h1,4,8-11,18,41H,5-7,12-17,19-20H2,2H3/t32-/m0/s1. The van der Waals surface area contributed by atoms with E-state index in [4.69, 9.17) is 16.1 Å². The van der Waals surface area contributed by atoms with Gasteiger partial charge in [0, 0.05) is 30.2 Å². The van der Waals surface area contributed by atoms with Gasteiger partial charge in [-0.15, -0.1) is 6.42 Å². The zero-order valence-electron chi connectivity index (χ0n) is 23.7. The van der Waals surface area contributed by atoms with Crippen molar-refractivity contribution < 1.29 is 18.6 Å². The fraction of sp³-hybridized carbons (Fsp3) is 0.424. The van der Waals surface area contributed by atoms with E-state index < -0.39 is 17.2 Å². The molecule has 1 atom stereocenters. The number of pyridine rings is 1. The van der Waals surface area contributed by atoms with Crippen molar-refractivity contribution in [3.8, 4) is 29.6 Å². The van der Waals surface area contributed by atoms with Crippen LogP contribution in [-0.2, 0) is 0 Å². The lowest BCUT2D eigenvalue weighted by molar-refractivity contribution is 0.0447. The average Bonchev–Trinajstić information content (AvgIpc) is 3.56. The van der Waals surface area contributed by atoms with Crippen LogP contribution in [0.25, 0.3) is 32.9 Å². The number of terminal acetylenes is 1. The van der Waals surface area contributed by atoms with Crippen LogP contribution in [0, 0.1) is 24.0 Å². The van der Waals surface area contributed by atoms with Crippen LogP contribution in [0.5, 0.6) is 6.01 Å². The fourth-order valence-electron chi connectivity index (χ4n) is 7.27. The van der Waals surface area contributed by atoms with Crippen molar-refractivity contribution >= 4 is 27.5 Å². The van der Waals surface area contributed by atoms with Crippen LogP contribution >= 0.6 is 0 Å². The van der Waals surface area contributed by atoms with Gasteiger partial charge >= 0.3 is 6.01 Å². The number of hydrogen-bond donors (Lipinski definition) is 1. The van der Waals surface area contributed by atoms with Crippen LogP contribution in [0.2, 0.25) is 0 Å². The molecule has 0 aliphatic carbocycles. The van der Waals surface area contributed by atoms with Crippen molar-refractivity contribution in [3.63, 3.8) is 0 Å². The molecule has 0 radical (unpaired) electrons. The molecule has 0 amide bonds. The summed E-state index contributed by atoms with van der Waals surface area (Å²) in [6.07, 6.45) is 13.0. The lowest BCUT2D eigenvalue weighted by atomic mass is 9.95. The summed E-state index contributed by atoms with van der Waals surface area (Å²) < 4.78 is 37.6. The summed E-state index contributed by atoms with van der Waals surface area (Å²) >= 11 is 0. The summed E-state index contributed by atoms with van der Waals surface area (Å²) in [6, 6.07) is 8.30. The van der Waals surface area contributed by atoms with Crippen molar-refractivity contribution in [1.82, 2.24) is 19.9 Å². The average molecular weight is 570 g/mol. The number of aromatic nitrogens is 3. The first-order valence-electron chi connectivity index (χ1n) is 14.7. The predicted molar refractivity (Wildman–Crippen MR) is 158 cm³/mol. The van der Waals surface area contributed by atoms with Crippen LogP contribution in [-0.4, -0.2) is 68.9 Å². The molecule has 7 nitrogen and oxygen atoms in total. The number of anilines is 1. The molecular weight excluding hydrogens is 536 g/mol. The van der Waals surface area contributed by atoms with Gasteiger partial charge in [-0.05, 0) is 70.0 Å². The van der Waals surface area contributed by atoms with E-state index in [2.05, 4.69) is 20.8 Å². The Morgan fingerprint density at radius 1 is 1.05 bits per heavy atom. The molecule has 216 valence electrons. The highest BCUT2D eigenvalue weighted by Gasteiger charge is 2.45. The fourth-order valence-corrected chi connectivity index (χ4v) is 7.27. The highest BCUT2D eigenvalue weighted by molar-refractivity contribution is 6.02. The molecule has 0 bridgehead atoms. The van der Waals surface area contributed by atoms with Crippen molar-refractivity contribution in [1.29, 1.82) is 0 Å². The third-order valence-corrected chi connectivity index (χ3v) is 9.29. The van der Waals surface area contributed by atoms with E-state index >= 15 is 4.39 Å². The summed E-state index contributed by atoms with van der Waals surface area (Å²) in [5.41, 5.74) is -0.415. The van der Waals surface area contributed by atoms with Gasteiger partial charge in [-0.1, -0.05) is 30.2 Å². The molecule has 2 aromatic heterocycles. The van der Waals surface area contributed by atoms with Gasteiger partial charge in [0.1, 0.15) is 29.5 Å². The number of benzene rings is 2. The molecule has 1 N–H and O–H groups in total. The maximum absolute atomic E-state index is 16.6. The van der Waals surface area contributed by atoms with E-state index in [1.165, 1.54) is 6.07 Å². The van der Waals surface area contributed by atoms with Gasteiger partial charge in [0.15, 0.2) is 5.82 Å². The van der Waals surface area contributed by atoms with E-state index in [9.17, 15) is 9.50 Å². The molecule has 5 heterocycles. The van der Waals surface area contributed by atoms with Crippen molar-refractivity contribution in [3.05, 3.63) is 53.7 Å². The molecule has 2 aromatic carbocycles. The third kappa shape index (κ3) is 4.45. The Kier molecular flexibility index (Phi) is 6.52. The van der Waals surface area contributed by atoms with Gasteiger partial charge in [0.2, 0.25) is 0 Å². The van der Waals surface area contributed by atoms with Gasteiger partial charge in [0.25, 0.3) is 0 Å². The molecule has 7 rings (SSSR count). The van der Waals surface area contributed by atoms with E-state index in [0.29, 0.717) is 53.7 Å². The number of fused-ring (bicyclic) bond motifs is 3. The lowest BCUT2D eigenvalue weighted by Crippen LogP contribution is -2.46. The minimum Gasteiger partial charge on any atom is -0.461 e. The second-order valence-electron chi connectivity index (χ2n) is 12.2. The Labute approximate surface area is 243 Å². The molecule has 0 saturated carbocycles. The highest BCUT2D eigenvalue weighted by Crippen LogP contribution is 2.40. The molecule has 4 aromatic rings. The molecule has 9 heteroatoms. The number of aliphatic hydroxyl groups is 1. The summed E-state index contributed by atoms with van der Waals surface area (Å²) in [5, 5.41) is 12.4. The highest BCUT2D eigenvalue weighted by atomic mass is 19.1. The zero-order chi connectivity index (χ0) is 29.1. The molecular formula is C33H33F2N5O2. The monoisotopic (exact) mass is 569 g/mol. The second-order valence-corrected chi connectivity index (χ2v) is 12.2. The minimum atomic E-state index is -0.908. The predicted octanol–water partition coefficient (Wildman–Crippen LogP) is 5.46.